The van der Waals surface area contributed by atoms with E-state index in [4.69, 9.17) is 9.26 Å². The highest BCUT2D eigenvalue weighted by atomic mass is 16.5. The number of carbonyl (C=O) groups is 2. The van der Waals surface area contributed by atoms with Crippen molar-refractivity contribution in [3.8, 4) is 11.3 Å². The maximum atomic E-state index is 12.7. The van der Waals surface area contributed by atoms with Crippen LogP contribution >= 0.6 is 0 Å². The number of hydrogen-bond acceptors (Lipinski definition) is 5. The summed E-state index contributed by atoms with van der Waals surface area (Å²) >= 11 is 0. The lowest BCUT2D eigenvalue weighted by Crippen LogP contribution is -2.43. The molecule has 0 aliphatic rings. The maximum absolute atomic E-state index is 12.7. The molecule has 6 heteroatoms. The lowest BCUT2D eigenvalue weighted by atomic mass is 10.0. The van der Waals surface area contributed by atoms with Gasteiger partial charge in [0.15, 0.2) is 5.76 Å². The Bertz CT molecular complexity index is 958. The van der Waals surface area contributed by atoms with E-state index in [-0.39, 0.29) is 12.5 Å². The summed E-state index contributed by atoms with van der Waals surface area (Å²) in [5, 5.41) is 6.52. The molecular weight excluding hydrogens is 368 g/mol. The third-order valence-corrected chi connectivity index (χ3v) is 4.48. The number of amides is 1. The predicted molar refractivity (Wildman–Crippen MR) is 109 cm³/mol. The van der Waals surface area contributed by atoms with E-state index in [2.05, 4.69) is 10.5 Å². The fourth-order valence-corrected chi connectivity index (χ4v) is 3.19. The molecule has 3 aromatic rings. The molecule has 2 aromatic carbocycles. The van der Waals surface area contributed by atoms with Crippen LogP contribution in [-0.2, 0) is 16.0 Å². The molecule has 1 aromatic heterocycles. The number of ether oxygens (including phenoxy) is 1. The van der Waals surface area contributed by atoms with Gasteiger partial charge < -0.3 is 14.6 Å². The minimum Gasteiger partial charge on any atom is -0.464 e. The molecule has 0 aliphatic carbocycles. The first-order chi connectivity index (χ1) is 14.0. The van der Waals surface area contributed by atoms with Gasteiger partial charge in [0.1, 0.15) is 6.04 Å². The molecule has 29 heavy (non-hydrogen) atoms. The molecule has 1 N–H and O–H groups in total. The number of benzene rings is 2. The summed E-state index contributed by atoms with van der Waals surface area (Å²) in [7, 11) is 0. The van der Waals surface area contributed by atoms with Crippen LogP contribution in [0.2, 0.25) is 0 Å². The van der Waals surface area contributed by atoms with Crippen LogP contribution in [0.4, 0.5) is 0 Å². The fraction of sp³-hybridized carbons (Fsp3) is 0.261. The highest BCUT2D eigenvalue weighted by molar-refractivity contribution is 5.97. The minimum absolute atomic E-state index is 0.249. The van der Waals surface area contributed by atoms with Crippen LogP contribution in [0.25, 0.3) is 11.3 Å². The molecule has 6 nitrogen and oxygen atoms in total. The Morgan fingerprint density at radius 2 is 1.76 bits per heavy atom. The molecule has 0 bridgehead atoms. The molecule has 0 fully saturated rings. The van der Waals surface area contributed by atoms with E-state index >= 15 is 0 Å². The predicted octanol–water partition coefficient (Wildman–Crippen LogP) is 3.86. The van der Waals surface area contributed by atoms with Crippen molar-refractivity contribution in [2.45, 2.75) is 33.2 Å². The average Bonchev–Trinajstić information content (AvgIpc) is 3.22. The molecule has 0 saturated heterocycles. The topological polar surface area (TPSA) is 81.4 Å². The van der Waals surface area contributed by atoms with Crippen molar-refractivity contribution in [1.82, 2.24) is 10.5 Å². The van der Waals surface area contributed by atoms with Crippen LogP contribution in [0.5, 0.6) is 0 Å². The molecule has 3 rings (SSSR count). The standard InChI is InChI=1S/C23H24N2O4/c1-4-28-23(27)20(25-22(26)19-12-15(2)11-16(3)13-19)14-17-5-7-18(8-6-17)21-9-10-24-29-21/h5-13,20H,4,14H2,1-3H3,(H,25,26). The number of rotatable bonds is 7. The number of esters is 1. The Hall–Kier alpha value is -3.41. The van der Waals surface area contributed by atoms with Crippen LogP contribution in [0, 0.1) is 13.8 Å². The van der Waals surface area contributed by atoms with E-state index in [1.54, 1.807) is 31.3 Å². The molecule has 1 atom stereocenters. The lowest BCUT2D eigenvalue weighted by Gasteiger charge is -2.18. The van der Waals surface area contributed by atoms with Crippen molar-refractivity contribution >= 4 is 11.9 Å². The molecule has 0 saturated carbocycles. The van der Waals surface area contributed by atoms with E-state index in [1.165, 1.54) is 0 Å². The van der Waals surface area contributed by atoms with Crippen LogP contribution < -0.4 is 5.32 Å². The third kappa shape index (κ3) is 5.31. The van der Waals surface area contributed by atoms with Gasteiger partial charge in [-0.1, -0.05) is 46.6 Å². The zero-order valence-electron chi connectivity index (χ0n) is 16.8. The Balaban J connectivity index is 1.76. The maximum Gasteiger partial charge on any atom is 0.328 e. The van der Waals surface area contributed by atoms with Gasteiger partial charge in [-0.15, -0.1) is 0 Å². The van der Waals surface area contributed by atoms with Crippen molar-refractivity contribution in [2.24, 2.45) is 0 Å². The second-order valence-electron chi connectivity index (χ2n) is 6.93. The van der Waals surface area contributed by atoms with Crippen LogP contribution in [0.1, 0.15) is 34.0 Å². The van der Waals surface area contributed by atoms with Gasteiger partial charge in [0.2, 0.25) is 0 Å². The van der Waals surface area contributed by atoms with E-state index in [0.29, 0.717) is 17.7 Å². The monoisotopic (exact) mass is 392 g/mol. The number of aromatic nitrogens is 1. The Kier molecular flexibility index (Phi) is 6.44. The van der Waals surface area contributed by atoms with E-state index in [0.717, 1.165) is 22.3 Å². The summed E-state index contributed by atoms with van der Waals surface area (Å²) in [6.07, 6.45) is 1.91. The van der Waals surface area contributed by atoms with Crippen molar-refractivity contribution in [3.63, 3.8) is 0 Å². The van der Waals surface area contributed by atoms with Gasteiger partial charge in [-0.25, -0.2) is 4.79 Å². The summed E-state index contributed by atoms with van der Waals surface area (Å²) in [5.41, 5.74) is 4.29. The first-order valence-corrected chi connectivity index (χ1v) is 9.52. The summed E-state index contributed by atoms with van der Waals surface area (Å²) < 4.78 is 10.3. The lowest BCUT2D eigenvalue weighted by molar-refractivity contribution is -0.145. The highest BCUT2D eigenvalue weighted by Crippen LogP contribution is 2.19. The Morgan fingerprint density at radius 3 is 2.34 bits per heavy atom. The Labute approximate surface area is 169 Å². The second-order valence-corrected chi connectivity index (χ2v) is 6.93. The molecule has 0 radical (unpaired) electrons. The van der Waals surface area contributed by atoms with E-state index < -0.39 is 12.0 Å². The smallest absolute Gasteiger partial charge is 0.328 e. The fourth-order valence-electron chi connectivity index (χ4n) is 3.19. The van der Waals surface area contributed by atoms with Gasteiger partial charge in [-0.3, -0.25) is 4.79 Å². The molecule has 0 aliphatic heterocycles. The SMILES string of the molecule is CCOC(=O)C(Cc1ccc(-c2ccno2)cc1)NC(=O)c1cc(C)cc(C)c1. The second kappa shape index (κ2) is 9.19. The number of carbonyl (C=O) groups excluding carboxylic acids is 2. The Morgan fingerprint density at radius 1 is 1.07 bits per heavy atom. The van der Waals surface area contributed by atoms with Gasteiger partial charge in [-0.2, -0.15) is 0 Å². The highest BCUT2D eigenvalue weighted by Gasteiger charge is 2.23. The minimum atomic E-state index is -0.778. The largest absolute Gasteiger partial charge is 0.464 e. The van der Waals surface area contributed by atoms with Gasteiger partial charge in [0, 0.05) is 23.6 Å². The zero-order valence-corrected chi connectivity index (χ0v) is 16.8. The van der Waals surface area contributed by atoms with Crippen molar-refractivity contribution in [3.05, 3.63) is 77.0 Å². The molecule has 150 valence electrons. The van der Waals surface area contributed by atoms with Gasteiger partial charge >= 0.3 is 5.97 Å². The van der Waals surface area contributed by atoms with E-state index in [9.17, 15) is 9.59 Å². The zero-order chi connectivity index (χ0) is 20.8. The number of nitrogens with zero attached hydrogens (tertiary/aromatic N) is 1. The molecular formula is C23H24N2O4. The van der Waals surface area contributed by atoms with Gasteiger partial charge in [-0.05, 0) is 38.5 Å². The molecule has 1 unspecified atom stereocenters. The van der Waals surface area contributed by atoms with Crippen molar-refractivity contribution in [2.75, 3.05) is 6.61 Å². The molecule has 1 heterocycles. The number of hydrogen-bond donors (Lipinski definition) is 1. The van der Waals surface area contributed by atoms with Gasteiger partial charge in [0.25, 0.3) is 5.91 Å². The van der Waals surface area contributed by atoms with E-state index in [1.807, 2.05) is 44.2 Å². The summed E-state index contributed by atoms with van der Waals surface area (Å²) in [6, 6.07) is 14.2. The van der Waals surface area contributed by atoms with Gasteiger partial charge in [0.05, 0.1) is 12.8 Å². The van der Waals surface area contributed by atoms with Crippen LogP contribution in [0.15, 0.2) is 59.3 Å². The molecule has 1 amide bonds. The first kappa shape index (κ1) is 20.3. The van der Waals surface area contributed by atoms with Crippen LogP contribution in [-0.4, -0.2) is 29.7 Å². The summed E-state index contributed by atoms with van der Waals surface area (Å²) in [6.45, 7) is 5.86. The average molecular weight is 392 g/mol. The van der Waals surface area contributed by atoms with Crippen molar-refractivity contribution < 1.29 is 18.8 Å². The number of aryl methyl sites for hydroxylation is 2. The first-order valence-electron chi connectivity index (χ1n) is 9.52. The third-order valence-electron chi connectivity index (χ3n) is 4.48. The molecule has 0 spiro atoms. The van der Waals surface area contributed by atoms with Crippen molar-refractivity contribution in [1.29, 1.82) is 0 Å². The van der Waals surface area contributed by atoms with Crippen LogP contribution in [0.3, 0.4) is 0 Å². The normalized spacial score (nSPS) is 11.7. The summed E-state index contributed by atoms with van der Waals surface area (Å²) in [5.74, 6) is -0.0840. The quantitative estimate of drug-likeness (QED) is 0.618. The summed E-state index contributed by atoms with van der Waals surface area (Å²) in [4.78, 5) is 25.2. The number of nitrogens with one attached hydrogen (secondary N) is 1.